The zero-order chi connectivity index (χ0) is 86.6. The third-order valence-electron chi connectivity index (χ3n) is 22.9. The zero-order valence-electron chi connectivity index (χ0n) is 70.9. The van der Waals surface area contributed by atoms with Gasteiger partial charge in [0.25, 0.3) is 0 Å². The molecule has 0 unspecified atom stereocenters. The average molecular weight is 1720 g/mol. The lowest BCUT2D eigenvalue weighted by Crippen LogP contribution is -2.41. The number of hydrogen-bond acceptors (Lipinski definition) is 14. The van der Waals surface area contributed by atoms with Crippen molar-refractivity contribution in [3.05, 3.63) is 333 Å². The minimum atomic E-state index is -2.54. The van der Waals surface area contributed by atoms with Crippen molar-refractivity contribution >= 4 is 118 Å². The molecule has 19 rings (SSSR count). The predicted octanol–water partition coefficient (Wildman–Crippen LogP) is 25.5. The highest BCUT2D eigenvalue weighted by atomic mass is 35.5. The number of nitrogens with zero attached hydrogens (tertiary/aromatic N) is 6. The second kappa shape index (κ2) is 33.9. The van der Waals surface area contributed by atoms with Gasteiger partial charge >= 0.3 is 7.12 Å². The minimum Gasteiger partial charge on any atom is -0.456 e. The highest BCUT2D eigenvalue weighted by Gasteiger charge is 2.52. The predicted molar refractivity (Wildman–Crippen MR) is 518 cm³/mol. The van der Waals surface area contributed by atoms with Gasteiger partial charge in [-0.3, -0.25) is 0 Å². The van der Waals surface area contributed by atoms with Gasteiger partial charge in [0.05, 0.1) is 11.2 Å². The van der Waals surface area contributed by atoms with Crippen LogP contribution in [0.5, 0.6) is 0 Å². The van der Waals surface area contributed by atoms with Gasteiger partial charge in [0.15, 0.2) is 29.1 Å². The Kier molecular flexibility index (Phi) is 23.0. The summed E-state index contributed by atoms with van der Waals surface area (Å²) in [6, 6.07) is 109. The minimum absolute atomic E-state index is 0.153. The Balaban J connectivity index is 0.000000140. The normalized spacial score (nSPS) is 13.4. The van der Waals surface area contributed by atoms with E-state index in [9.17, 15) is 18.3 Å². The maximum absolute atomic E-state index is 13.2. The van der Waals surface area contributed by atoms with Crippen LogP contribution >= 0.6 is 40.2 Å². The largest absolute Gasteiger partial charge is 0.494 e. The third-order valence-corrected chi connectivity index (χ3v) is 29.1. The van der Waals surface area contributed by atoms with Crippen molar-refractivity contribution in [1.29, 1.82) is 0 Å². The molecule has 0 spiro atoms. The van der Waals surface area contributed by atoms with Crippen molar-refractivity contribution < 1.29 is 36.4 Å². The van der Waals surface area contributed by atoms with Crippen LogP contribution in [0.15, 0.2) is 336 Å². The summed E-state index contributed by atoms with van der Waals surface area (Å²) < 4.78 is 77.1. The Labute approximate surface area is 728 Å². The van der Waals surface area contributed by atoms with Crippen LogP contribution in [0.4, 0.5) is 0 Å². The van der Waals surface area contributed by atoms with E-state index in [4.69, 9.17) is 49.7 Å². The number of hydrogen-bond donors (Lipinski definition) is 0. The van der Waals surface area contributed by atoms with Crippen molar-refractivity contribution in [2.24, 2.45) is 0 Å². The third kappa shape index (κ3) is 18.3. The summed E-state index contributed by atoms with van der Waals surface area (Å²) in [6.07, 6.45) is 0. The van der Waals surface area contributed by atoms with Crippen molar-refractivity contribution in [2.75, 3.05) is 53.3 Å². The number of benzene rings is 14. The Morgan fingerprint density at radius 1 is 0.242 bits per heavy atom. The van der Waals surface area contributed by atoms with E-state index in [1.165, 1.54) is 0 Å². The number of aromatic nitrogens is 6. The highest BCUT2D eigenvalue weighted by molar-refractivity contribution is 7.71. The van der Waals surface area contributed by atoms with Crippen molar-refractivity contribution in [1.82, 2.24) is 29.9 Å². The standard InChI is InChI=1S/C49H39N3O3P2.C28H35BO4P2.C27H16ClN3O/c1-56(2,53)41-19-11-16-34(29-41)38-26-39(35-17-12-20-42(30-35)57(3,4)54)28-40(27-38)49-51-47(36-18-10-15-33(25-36)32-13-6-5-7-14-32)50-48(52-49)37-23-24-44-43-21-8-9-22-45(43)55-46(44)31-37;1-27(2)28(3,4)33-29(32-27)24-16-22(20-11-9-13-25(18-20)34(5,6)30)15-23(17-24)21-12-10-14-26(19-21)35(7,8)31;28-27-30-25(19-10-6-9-18(15-19)17-7-2-1-3-8-17)29-26(31-27)20-13-14-22-21-11-4-5-12-23(21)32-24(22)16-20/h5-31H,1-4H3;9-19H,1-8H3;1-16H. The first-order chi connectivity index (χ1) is 59.3. The molecule has 1 saturated heterocycles. The van der Waals surface area contributed by atoms with Crippen molar-refractivity contribution in [3.8, 4) is 124 Å². The molecule has 20 heteroatoms. The van der Waals surface area contributed by atoms with Crippen LogP contribution in [0.25, 0.3) is 168 Å². The maximum Gasteiger partial charge on any atom is 0.494 e. The molecule has 0 atom stereocenters. The molecule has 1 aliphatic rings. The molecule has 14 nitrogen and oxygen atoms in total. The lowest BCUT2D eigenvalue weighted by Gasteiger charge is -2.32. The van der Waals surface area contributed by atoms with Gasteiger partial charge in [-0.2, -0.15) is 9.97 Å². The zero-order valence-corrected chi connectivity index (χ0v) is 75.2. The molecule has 614 valence electrons. The number of furan rings is 2. The number of para-hydroxylation sites is 2. The fraction of sp³-hybridized carbons (Fsp3) is 0.135. The topological polar surface area (TPSA) is 190 Å². The van der Waals surface area contributed by atoms with E-state index in [1.54, 1.807) is 53.3 Å². The van der Waals surface area contributed by atoms with Gasteiger partial charge in [-0.05, 0) is 262 Å². The van der Waals surface area contributed by atoms with Gasteiger partial charge in [0.2, 0.25) is 5.28 Å². The summed E-state index contributed by atoms with van der Waals surface area (Å²) in [5.41, 5.74) is 19.3. The summed E-state index contributed by atoms with van der Waals surface area (Å²) >= 11 is 6.30. The Hall–Kier alpha value is -12.1. The Morgan fingerprint density at radius 3 is 0.855 bits per heavy atom. The van der Waals surface area contributed by atoms with E-state index in [1.807, 2.05) is 252 Å². The molecule has 0 bridgehead atoms. The molecule has 1 fully saturated rings. The molecular weight excluding hydrogens is 1630 g/mol. The molecule has 0 aliphatic carbocycles. The summed E-state index contributed by atoms with van der Waals surface area (Å²) in [4.78, 5) is 28.9. The second-order valence-corrected chi connectivity index (χ2v) is 47.1. The van der Waals surface area contributed by atoms with Crippen molar-refractivity contribution in [3.63, 3.8) is 0 Å². The van der Waals surface area contributed by atoms with Gasteiger partial charge in [0.1, 0.15) is 50.9 Å². The molecule has 0 radical (unpaired) electrons. The summed E-state index contributed by atoms with van der Waals surface area (Å²) in [6.45, 7) is 22.5. The van der Waals surface area contributed by atoms with Gasteiger partial charge in [0, 0.05) is 70.6 Å². The average Bonchev–Trinajstić information content (AvgIpc) is 1.62. The lowest BCUT2D eigenvalue weighted by molar-refractivity contribution is 0.00578. The van der Waals surface area contributed by atoms with Crippen LogP contribution in [-0.4, -0.2) is 102 Å². The molecule has 4 aromatic heterocycles. The molecule has 124 heavy (non-hydrogen) atoms. The molecule has 14 aromatic carbocycles. The van der Waals surface area contributed by atoms with Gasteiger partial charge < -0.3 is 36.4 Å². The first kappa shape index (κ1) is 84.1. The van der Waals surface area contributed by atoms with E-state index in [0.717, 1.165) is 165 Å². The van der Waals surface area contributed by atoms with Crippen molar-refractivity contribution in [2.45, 2.75) is 38.9 Å². The number of rotatable bonds is 16. The summed E-state index contributed by atoms with van der Waals surface area (Å²) in [7, 11) is -10.4. The molecule has 5 heterocycles. The molecule has 1 aliphatic heterocycles. The first-order valence-corrected chi connectivity index (χ1v) is 51.7. The molecular formula is C104H90BClN6O8P4. The SMILES string of the molecule is CC1(C)OB(c2cc(-c3cccc(P(C)(C)=O)c3)cc(-c3cccc(P(C)(C)=O)c3)c2)OC1(C)C.CP(C)(=O)c1cccc(-c2cc(-c3cccc(P(C)(C)=O)c3)cc(-c3nc(-c4cccc(-c5ccccc5)c4)nc(-c4ccc5c(c4)oc4ccccc45)n3)c2)c1.Clc1nc(-c2cccc(-c3ccccc3)c2)nc(-c2ccc3c(c2)oc2ccccc23)n1. The monoisotopic (exact) mass is 1720 g/mol. The molecule has 0 amide bonds. The van der Waals surface area contributed by atoms with E-state index in [2.05, 4.69) is 113 Å². The fourth-order valence-corrected chi connectivity index (χ4v) is 19.1. The molecule has 0 N–H and O–H groups in total. The Bertz CT molecular complexity index is 7200. The fourth-order valence-electron chi connectivity index (χ4n) is 15.3. The van der Waals surface area contributed by atoms with E-state index < -0.39 is 46.9 Å². The van der Waals surface area contributed by atoms with Gasteiger partial charge in [-0.25, -0.2) is 19.9 Å². The Morgan fingerprint density at radius 2 is 0.500 bits per heavy atom. The first-order valence-electron chi connectivity index (χ1n) is 40.9. The van der Waals surface area contributed by atoms with Crippen LogP contribution in [0, 0.1) is 0 Å². The van der Waals surface area contributed by atoms with Gasteiger partial charge in [-0.1, -0.05) is 231 Å². The quantitative estimate of drug-likeness (QED) is 0.0656. The van der Waals surface area contributed by atoms with Gasteiger partial charge in [-0.15, -0.1) is 0 Å². The van der Waals surface area contributed by atoms with Crippen LogP contribution in [0.2, 0.25) is 5.28 Å². The number of fused-ring (bicyclic) bond motifs is 6. The highest BCUT2D eigenvalue weighted by Crippen LogP contribution is 2.45. The van der Waals surface area contributed by atoms with E-state index >= 15 is 0 Å². The van der Waals surface area contributed by atoms with E-state index in [0.29, 0.717) is 29.1 Å². The smallest absolute Gasteiger partial charge is 0.456 e. The summed E-state index contributed by atoms with van der Waals surface area (Å²) in [5.74, 6) is 2.57. The van der Waals surface area contributed by atoms with Crippen LogP contribution in [0.3, 0.4) is 0 Å². The maximum atomic E-state index is 13.2. The molecule has 18 aromatic rings. The lowest BCUT2D eigenvalue weighted by atomic mass is 9.76. The van der Waals surface area contributed by atoms with E-state index in [-0.39, 0.29) is 5.28 Å². The number of halogens is 1. The second-order valence-electron chi connectivity index (χ2n) is 33.9. The molecule has 0 saturated carbocycles. The van der Waals surface area contributed by atoms with Crippen LogP contribution in [0.1, 0.15) is 27.7 Å². The summed E-state index contributed by atoms with van der Waals surface area (Å²) in [5, 5.41) is 7.66. The van der Waals surface area contributed by atoms with Crippen LogP contribution < -0.4 is 26.7 Å². The van der Waals surface area contributed by atoms with Crippen LogP contribution in [-0.2, 0) is 27.6 Å².